The maximum Gasteiger partial charge on any atom is 0.373 e. The molecule has 4 nitrogen and oxygen atoms in total. The van der Waals surface area contributed by atoms with Gasteiger partial charge >= 0.3 is 5.97 Å². The number of hydrogen-bond acceptors (Lipinski definition) is 2. The molecule has 1 unspecified atom stereocenters. The first kappa shape index (κ1) is 10.2. The summed E-state index contributed by atoms with van der Waals surface area (Å²) in [5.74, 6) is -1.13. The Balaban J connectivity index is 2.84. The minimum absolute atomic E-state index is 0.428. The van der Waals surface area contributed by atoms with Gasteiger partial charge in [0.15, 0.2) is 6.21 Å². The van der Waals surface area contributed by atoms with E-state index in [0.717, 1.165) is 0 Å². The third kappa shape index (κ3) is 2.58. The van der Waals surface area contributed by atoms with E-state index < -0.39 is 12.0 Å². The van der Waals surface area contributed by atoms with Gasteiger partial charge in [-0.2, -0.15) is 4.74 Å². The molecule has 1 rings (SSSR count). The van der Waals surface area contributed by atoms with Crippen LogP contribution in [0.2, 0.25) is 0 Å². The molecule has 0 saturated heterocycles. The lowest BCUT2D eigenvalue weighted by Gasteiger charge is -2.07. The number of carboxylic acids is 1. The molecule has 1 N–H and O–H groups in total. The average Bonchev–Trinajstić information content (AvgIpc) is 2.18. The molecule has 4 heteroatoms. The van der Waals surface area contributed by atoms with E-state index in [4.69, 9.17) is 5.11 Å². The monoisotopic (exact) mass is 193 g/mol. The predicted octanol–water partition coefficient (Wildman–Crippen LogP) is 1.09. The zero-order valence-electron chi connectivity index (χ0n) is 7.75. The van der Waals surface area contributed by atoms with Crippen molar-refractivity contribution in [3.05, 3.63) is 41.1 Å². The van der Waals surface area contributed by atoms with Crippen molar-refractivity contribution in [3.8, 4) is 0 Å². The van der Waals surface area contributed by atoms with Gasteiger partial charge in [-0.1, -0.05) is 18.2 Å². The first-order valence-corrected chi connectivity index (χ1v) is 4.19. The van der Waals surface area contributed by atoms with Crippen LogP contribution in [0.15, 0.2) is 30.3 Å². The number of nitrogens with zero attached hydrogens (tertiary/aromatic N) is 1. The van der Waals surface area contributed by atoms with Crippen molar-refractivity contribution in [2.24, 2.45) is 0 Å². The van der Waals surface area contributed by atoms with Crippen LogP contribution in [-0.2, 0) is 4.79 Å². The highest BCUT2D eigenvalue weighted by Crippen LogP contribution is 1.96. The molecule has 0 saturated carbocycles. The summed E-state index contributed by atoms with van der Waals surface area (Å²) >= 11 is 0. The summed E-state index contributed by atoms with van der Waals surface area (Å²) in [4.78, 5) is 10.5. The van der Waals surface area contributed by atoms with Crippen LogP contribution >= 0.6 is 0 Å². The van der Waals surface area contributed by atoms with Gasteiger partial charge < -0.3 is 10.3 Å². The zero-order valence-corrected chi connectivity index (χ0v) is 7.75. The Kier molecular flexibility index (Phi) is 3.23. The van der Waals surface area contributed by atoms with E-state index in [9.17, 15) is 10.0 Å². The quantitative estimate of drug-likeness (QED) is 0.338. The Labute approximate surface area is 81.7 Å². The topological polar surface area (TPSA) is 63.4 Å². The molecule has 0 radical (unpaired) electrons. The van der Waals surface area contributed by atoms with Crippen LogP contribution in [0.25, 0.3) is 0 Å². The fourth-order valence-electron chi connectivity index (χ4n) is 0.907. The number of hydrogen-bond donors (Lipinski definition) is 1. The second-order valence-electron chi connectivity index (χ2n) is 2.91. The molecule has 1 aromatic rings. The zero-order chi connectivity index (χ0) is 10.6. The summed E-state index contributed by atoms with van der Waals surface area (Å²) in [6.45, 7) is 1.34. The van der Waals surface area contributed by atoms with Crippen LogP contribution in [0.1, 0.15) is 12.5 Å². The van der Waals surface area contributed by atoms with Crippen LogP contribution in [0.5, 0.6) is 0 Å². The average molecular weight is 193 g/mol. The summed E-state index contributed by atoms with van der Waals surface area (Å²) in [6.07, 6.45) is 1.26. The third-order valence-corrected chi connectivity index (χ3v) is 1.81. The molecule has 1 atom stereocenters. The Morgan fingerprint density at radius 2 is 2.07 bits per heavy atom. The molecule has 0 amide bonds. The van der Waals surface area contributed by atoms with Gasteiger partial charge in [-0.25, -0.2) is 4.79 Å². The maximum absolute atomic E-state index is 11.2. The van der Waals surface area contributed by atoms with Gasteiger partial charge in [-0.15, -0.1) is 0 Å². The van der Waals surface area contributed by atoms with Crippen molar-refractivity contribution in [1.82, 2.24) is 0 Å². The number of hydroxylamine groups is 1. The van der Waals surface area contributed by atoms with Crippen molar-refractivity contribution in [3.63, 3.8) is 0 Å². The van der Waals surface area contributed by atoms with Gasteiger partial charge in [0.2, 0.25) is 0 Å². The minimum atomic E-state index is -1.13. The standard InChI is InChI=1S/C10H11NO3/c1-8(10(12)13)11(14)7-9-5-3-2-4-6-9/h2-8H,1H3,(H,12,13)/b11-7-. The summed E-state index contributed by atoms with van der Waals surface area (Å²) in [5.41, 5.74) is 0.690. The van der Waals surface area contributed by atoms with Crippen LogP contribution in [0, 0.1) is 5.21 Å². The lowest BCUT2D eigenvalue weighted by Crippen LogP contribution is -2.28. The van der Waals surface area contributed by atoms with E-state index >= 15 is 0 Å². The van der Waals surface area contributed by atoms with Crippen LogP contribution in [0.3, 0.4) is 0 Å². The van der Waals surface area contributed by atoms with E-state index in [0.29, 0.717) is 10.3 Å². The highest BCUT2D eigenvalue weighted by atomic mass is 16.5. The Morgan fingerprint density at radius 3 is 2.57 bits per heavy atom. The molecule has 1 aromatic carbocycles. The number of benzene rings is 1. The van der Waals surface area contributed by atoms with Crippen molar-refractivity contribution < 1.29 is 14.6 Å². The molecule has 0 aromatic heterocycles. The molecule has 0 fully saturated rings. The van der Waals surface area contributed by atoms with E-state index in [-0.39, 0.29) is 0 Å². The Morgan fingerprint density at radius 1 is 1.50 bits per heavy atom. The normalized spacial score (nSPS) is 13.6. The third-order valence-electron chi connectivity index (χ3n) is 1.81. The maximum atomic E-state index is 11.2. The summed E-state index contributed by atoms with van der Waals surface area (Å²) < 4.78 is 0.428. The molecule has 0 aliphatic heterocycles. The molecule has 0 aliphatic rings. The number of carbonyl (C=O) groups is 1. The van der Waals surface area contributed by atoms with Gasteiger partial charge in [-0.05, 0) is 12.1 Å². The fraction of sp³-hybridized carbons (Fsp3) is 0.200. The van der Waals surface area contributed by atoms with Gasteiger partial charge in [0.1, 0.15) is 0 Å². The summed E-state index contributed by atoms with van der Waals surface area (Å²) in [7, 11) is 0. The SMILES string of the molecule is CC(C(=O)O)/[N+]([O-])=C/c1ccccc1. The fourth-order valence-corrected chi connectivity index (χ4v) is 0.907. The molecule has 74 valence electrons. The van der Waals surface area contributed by atoms with Crippen molar-refractivity contribution in [1.29, 1.82) is 0 Å². The van der Waals surface area contributed by atoms with Crippen LogP contribution in [-0.4, -0.2) is 28.1 Å². The van der Waals surface area contributed by atoms with Crippen LogP contribution in [0.4, 0.5) is 0 Å². The summed E-state index contributed by atoms with van der Waals surface area (Å²) in [5, 5.41) is 19.8. The van der Waals surface area contributed by atoms with Gasteiger partial charge in [0, 0.05) is 12.5 Å². The number of carboxylic acid groups (broad SMARTS) is 1. The highest BCUT2D eigenvalue weighted by Gasteiger charge is 2.17. The van der Waals surface area contributed by atoms with Gasteiger partial charge in [0.25, 0.3) is 6.04 Å². The van der Waals surface area contributed by atoms with Gasteiger partial charge in [0.05, 0.1) is 0 Å². The predicted molar refractivity (Wildman–Crippen MR) is 52.3 cm³/mol. The molecular formula is C10H11NO3. The van der Waals surface area contributed by atoms with E-state index in [1.165, 1.54) is 13.1 Å². The highest BCUT2D eigenvalue weighted by molar-refractivity contribution is 5.77. The second kappa shape index (κ2) is 4.41. The molecule has 14 heavy (non-hydrogen) atoms. The first-order valence-electron chi connectivity index (χ1n) is 4.19. The second-order valence-corrected chi connectivity index (χ2v) is 2.91. The van der Waals surface area contributed by atoms with E-state index in [1.807, 2.05) is 6.07 Å². The lowest BCUT2D eigenvalue weighted by atomic mass is 10.2. The smallest absolute Gasteiger partial charge is 0.373 e. The Bertz CT molecular complexity index is 346. The lowest BCUT2D eigenvalue weighted by molar-refractivity contribution is -0.479. The minimum Gasteiger partial charge on any atom is -0.623 e. The van der Waals surface area contributed by atoms with Gasteiger partial charge in [-0.3, -0.25) is 0 Å². The number of rotatable bonds is 3. The first-order chi connectivity index (χ1) is 6.61. The van der Waals surface area contributed by atoms with Crippen molar-refractivity contribution >= 4 is 12.2 Å². The van der Waals surface area contributed by atoms with Crippen molar-refractivity contribution in [2.75, 3.05) is 0 Å². The molecular weight excluding hydrogens is 182 g/mol. The van der Waals surface area contributed by atoms with Crippen LogP contribution < -0.4 is 0 Å². The molecule has 0 heterocycles. The van der Waals surface area contributed by atoms with Crippen molar-refractivity contribution in [2.45, 2.75) is 13.0 Å². The molecule has 0 aliphatic carbocycles. The summed E-state index contributed by atoms with van der Waals surface area (Å²) in [6, 6.07) is 7.80. The Hall–Kier alpha value is -1.84. The van der Waals surface area contributed by atoms with E-state index in [1.54, 1.807) is 24.3 Å². The molecule has 0 spiro atoms. The largest absolute Gasteiger partial charge is 0.623 e. The molecule has 0 bridgehead atoms. The van der Waals surface area contributed by atoms with E-state index in [2.05, 4.69) is 0 Å². The number of aliphatic carboxylic acids is 1.